The van der Waals surface area contributed by atoms with Crippen LogP contribution in [0.1, 0.15) is 37.8 Å². The first-order valence-corrected chi connectivity index (χ1v) is 9.57. The molecule has 0 amide bonds. The van der Waals surface area contributed by atoms with Gasteiger partial charge in [0.25, 0.3) is 0 Å². The molecule has 1 atom stereocenters. The topological polar surface area (TPSA) is 48.9 Å². The third kappa shape index (κ3) is 6.95. The van der Waals surface area contributed by atoms with Crippen LogP contribution in [0.25, 0.3) is 0 Å². The first-order valence-electron chi connectivity index (χ1n) is 9.57. The molecular weight excluding hydrogens is 439 g/mol. The molecule has 1 aromatic rings. The van der Waals surface area contributed by atoms with Gasteiger partial charge in [-0.1, -0.05) is 19.1 Å². The van der Waals surface area contributed by atoms with Crippen LogP contribution in [0.3, 0.4) is 0 Å². The van der Waals surface area contributed by atoms with Gasteiger partial charge in [0, 0.05) is 19.1 Å². The van der Waals surface area contributed by atoms with Crippen molar-refractivity contribution < 1.29 is 4.74 Å². The Hall–Kier alpha value is -1.02. The lowest BCUT2D eigenvalue weighted by atomic mass is 10.1. The molecule has 148 valence electrons. The Bertz CT molecular complexity index is 565. The van der Waals surface area contributed by atoms with Crippen molar-refractivity contribution in [2.45, 2.75) is 46.1 Å². The van der Waals surface area contributed by atoms with Gasteiger partial charge in [-0.2, -0.15) is 0 Å². The van der Waals surface area contributed by atoms with Crippen LogP contribution in [0.15, 0.2) is 23.2 Å². The van der Waals surface area contributed by atoms with E-state index in [4.69, 9.17) is 9.73 Å². The third-order valence-corrected chi connectivity index (χ3v) is 4.89. The highest BCUT2D eigenvalue weighted by Gasteiger charge is 2.22. The summed E-state index contributed by atoms with van der Waals surface area (Å²) in [4.78, 5) is 7.33. The zero-order valence-electron chi connectivity index (χ0n) is 16.7. The number of ether oxygens (including phenoxy) is 1. The Morgan fingerprint density at radius 2 is 2.12 bits per heavy atom. The minimum atomic E-state index is 0. The summed E-state index contributed by atoms with van der Waals surface area (Å²) in [6, 6.07) is 7.01. The van der Waals surface area contributed by atoms with Crippen molar-refractivity contribution in [2.75, 3.05) is 39.8 Å². The highest BCUT2D eigenvalue weighted by Crippen LogP contribution is 2.19. The monoisotopic (exact) mass is 474 g/mol. The largest absolute Gasteiger partial charge is 0.496 e. The van der Waals surface area contributed by atoms with Gasteiger partial charge in [-0.3, -0.25) is 9.89 Å². The number of rotatable bonds is 8. The van der Waals surface area contributed by atoms with E-state index in [2.05, 4.69) is 54.5 Å². The van der Waals surface area contributed by atoms with Gasteiger partial charge in [-0.15, -0.1) is 24.0 Å². The Kier molecular flexibility index (Phi) is 11.0. The number of hydrogen-bond acceptors (Lipinski definition) is 3. The molecule has 6 heteroatoms. The summed E-state index contributed by atoms with van der Waals surface area (Å²) in [7, 11) is 1.73. The van der Waals surface area contributed by atoms with E-state index in [1.54, 1.807) is 7.11 Å². The van der Waals surface area contributed by atoms with Gasteiger partial charge in [-0.25, -0.2) is 0 Å². The number of benzene rings is 1. The molecule has 1 aliphatic rings. The van der Waals surface area contributed by atoms with Crippen LogP contribution in [0.2, 0.25) is 0 Å². The molecule has 1 fully saturated rings. The number of nitrogens with zero attached hydrogens (tertiary/aromatic N) is 2. The fraction of sp³-hybridized carbons (Fsp3) is 0.650. The molecule has 0 aromatic heterocycles. The summed E-state index contributed by atoms with van der Waals surface area (Å²) in [6.45, 7) is 11.4. The average Bonchev–Trinajstić information content (AvgIpc) is 3.08. The second-order valence-corrected chi connectivity index (χ2v) is 6.63. The lowest BCUT2D eigenvalue weighted by Crippen LogP contribution is -2.40. The van der Waals surface area contributed by atoms with E-state index >= 15 is 0 Å². The van der Waals surface area contributed by atoms with Crippen molar-refractivity contribution >= 4 is 29.9 Å². The lowest BCUT2D eigenvalue weighted by molar-refractivity contribution is 0.273. The fourth-order valence-corrected chi connectivity index (χ4v) is 3.40. The molecule has 0 spiro atoms. The van der Waals surface area contributed by atoms with E-state index in [0.717, 1.165) is 44.3 Å². The van der Waals surface area contributed by atoms with E-state index in [9.17, 15) is 0 Å². The molecule has 0 aliphatic carbocycles. The molecule has 1 aliphatic heterocycles. The summed E-state index contributed by atoms with van der Waals surface area (Å²) in [5.74, 6) is 1.88. The standard InChI is InChI=1S/C20H34N4O.HI/c1-5-21-20(23-15-18-8-7-13-24(18)6-2)22-12-11-17-10-9-16(3)19(14-17)25-4;/h9-10,14,18H,5-8,11-13,15H2,1-4H3,(H2,21,22,23);1H. The Morgan fingerprint density at radius 1 is 1.31 bits per heavy atom. The van der Waals surface area contributed by atoms with E-state index in [-0.39, 0.29) is 24.0 Å². The predicted molar refractivity (Wildman–Crippen MR) is 121 cm³/mol. The summed E-state index contributed by atoms with van der Waals surface area (Å²) >= 11 is 0. The number of nitrogens with one attached hydrogen (secondary N) is 2. The lowest BCUT2D eigenvalue weighted by Gasteiger charge is -2.21. The molecule has 1 unspecified atom stereocenters. The maximum absolute atomic E-state index is 5.41. The van der Waals surface area contributed by atoms with Crippen LogP contribution in [0.4, 0.5) is 0 Å². The summed E-state index contributed by atoms with van der Waals surface area (Å²) in [5, 5.41) is 6.81. The zero-order chi connectivity index (χ0) is 18.1. The van der Waals surface area contributed by atoms with Crippen molar-refractivity contribution in [1.82, 2.24) is 15.5 Å². The molecule has 0 saturated carbocycles. The van der Waals surface area contributed by atoms with Crippen molar-refractivity contribution in [1.29, 1.82) is 0 Å². The fourth-order valence-electron chi connectivity index (χ4n) is 3.40. The molecule has 0 bridgehead atoms. The molecule has 5 nitrogen and oxygen atoms in total. The van der Waals surface area contributed by atoms with Crippen molar-refractivity contribution in [2.24, 2.45) is 4.99 Å². The first kappa shape index (κ1) is 23.0. The maximum atomic E-state index is 5.41. The van der Waals surface area contributed by atoms with Crippen LogP contribution in [0.5, 0.6) is 5.75 Å². The highest BCUT2D eigenvalue weighted by molar-refractivity contribution is 14.0. The van der Waals surface area contributed by atoms with Gasteiger partial charge >= 0.3 is 0 Å². The van der Waals surface area contributed by atoms with Gasteiger partial charge in [0.15, 0.2) is 5.96 Å². The van der Waals surface area contributed by atoms with Crippen LogP contribution in [-0.2, 0) is 6.42 Å². The molecule has 26 heavy (non-hydrogen) atoms. The Morgan fingerprint density at radius 3 is 2.81 bits per heavy atom. The van der Waals surface area contributed by atoms with E-state index < -0.39 is 0 Å². The maximum Gasteiger partial charge on any atom is 0.191 e. The van der Waals surface area contributed by atoms with Crippen molar-refractivity contribution in [3.8, 4) is 5.75 Å². The average molecular weight is 474 g/mol. The smallest absolute Gasteiger partial charge is 0.191 e. The van der Waals surface area contributed by atoms with Gasteiger partial charge < -0.3 is 15.4 Å². The van der Waals surface area contributed by atoms with Gasteiger partial charge in [0.2, 0.25) is 0 Å². The van der Waals surface area contributed by atoms with Crippen LogP contribution in [0, 0.1) is 6.92 Å². The summed E-state index contributed by atoms with van der Waals surface area (Å²) in [5.41, 5.74) is 2.45. The molecular formula is C20H35IN4O. The minimum absolute atomic E-state index is 0. The molecule has 1 aromatic carbocycles. The zero-order valence-corrected chi connectivity index (χ0v) is 19.0. The quantitative estimate of drug-likeness (QED) is 0.345. The summed E-state index contributed by atoms with van der Waals surface area (Å²) < 4.78 is 5.41. The number of likely N-dealkylation sites (tertiary alicyclic amines) is 1. The molecule has 1 saturated heterocycles. The predicted octanol–water partition coefficient (Wildman–Crippen LogP) is 3.20. The van der Waals surface area contributed by atoms with Crippen LogP contribution in [-0.4, -0.2) is 56.7 Å². The van der Waals surface area contributed by atoms with Crippen LogP contribution < -0.4 is 15.4 Å². The molecule has 2 N–H and O–H groups in total. The van der Waals surface area contributed by atoms with Crippen molar-refractivity contribution in [3.63, 3.8) is 0 Å². The summed E-state index contributed by atoms with van der Waals surface area (Å²) in [6.07, 6.45) is 3.51. The number of halogens is 1. The van der Waals surface area contributed by atoms with Crippen molar-refractivity contribution in [3.05, 3.63) is 29.3 Å². The number of guanidine groups is 1. The highest BCUT2D eigenvalue weighted by atomic mass is 127. The first-order chi connectivity index (χ1) is 12.2. The van der Waals surface area contributed by atoms with E-state index in [1.165, 1.54) is 30.5 Å². The normalized spacial score (nSPS) is 17.7. The Labute approximate surface area is 176 Å². The molecule has 0 radical (unpaired) electrons. The number of methoxy groups -OCH3 is 1. The van der Waals surface area contributed by atoms with E-state index in [1.807, 2.05) is 0 Å². The van der Waals surface area contributed by atoms with Gasteiger partial charge in [-0.05, 0) is 63.4 Å². The van der Waals surface area contributed by atoms with Gasteiger partial charge in [0.05, 0.1) is 13.7 Å². The Balaban J connectivity index is 0.00000338. The van der Waals surface area contributed by atoms with E-state index in [0.29, 0.717) is 6.04 Å². The second kappa shape index (κ2) is 12.4. The SMILES string of the molecule is CCNC(=NCC1CCCN1CC)NCCc1ccc(C)c(OC)c1.I. The molecule has 2 rings (SSSR count). The minimum Gasteiger partial charge on any atom is -0.496 e. The second-order valence-electron chi connectivity index (χ2n) is 6.63. The number of likely N-dealkylation sites (N-methyl/N-ethyl adjacent to an activating group) is 1. The van der Waals surface area contributed by atoms with Gasteiger partial charge in [0.1, 0.15) is 5.75 Å². The number of hydrogen-bond donors (Lipinski definition) is 2. The number of aliphatic imine (C=N–C) groups is 1. The van der Waals surface area contributed by atoms with Crippen LogP contribution >= 0.6 is 24.0 Å². The molecule has 1 heterocycles. The third-order valence-electron chi connectivity index (χ3n) is 4.89. The number of aryl methyl sites for hydroxylation is 1.